The molecule has 0 aromatic rings. The molecular formula is C37H58O10. The van der Waals surface area contributed by atoms with Gasteiger partial charge in [-0.05, 0) is 78.4 Å². The number of carboxylic acid groups (broad SMARTS) is 1. The van der Waals surface area contributed by atoms with Crippen LogP contribution in [0.1, 0.15) is 93.9 Å². The van der Waals surface area contributed by atoms with Crippen molar-refractivity contribution in [3.8, 4) is 0 Å². The monoisotopic (exact) mass is 662 g/mol. The first-order valence-corrected chi connectivity index (χ1v) is 17.5. The lowest BCUT2D eigenvalue weighted by molar-refractivity contribution is -0.274. The van der Waals surface area contributed by atoms with E-state index in [9.17, 15) is 29.7 Å². The molecule has 12 atom stereocenters. The second-order valence-electron chi connectivity index (χ2n) is 17.1. The summed E-state index contributed by atoms with van der Waals surface area (Å²) in [7, 11) is 1.13. The van der Waals surface area contributed by atoms with Crippen LogP contribution in [-0.2, 0) is 33.3 Å². The average molecular weight is 663 g/mol. The van der Waals surface area contributed by atoms with E-state index in [0.29, 0.717) is 32.0 Å². The lowest BCUT2D eigenvalue weighted by Gasteiger charge is -2.71. The van der Waals surface area contributed by atoms with Gasteiger partial charge in [-0.15, -0.1) is 0 Å². The van der Waals surface area contributed by atoms with Gasteiger partial charge < -0.3 is 34.3 Å². The Morgan fingerprint density at radius 3 is 2.32 bits per heavy atom. The number of rotatable bonds is 9. The molecule has 2 unspecified atom stereocenters. The third-order valence-corrected chi connectivity index (χ3v) is 14.7. The number of methoxy groups -OCH3 is 1. The Bertz CT molecular complexity index is 1300. The zero-order valence-corrected chi connectivity index (χ0v) is 29.9. The molecule has 1 heterocycles. The second kappa shape index (κ2) is 12.1. The first kappa shape index (κ1) is 36.3. The Morgan fingerprint density at radius 2 is 1.74 bits per heavy atom. The van der Waals surface area contributed by atoms with E-state index in [4.69, 9.17) is 18.9 Å². The first-order chi connectivity index (χ1) is 21.8. The van der Waals surface area contributed by atoms with E-state index < -0.39 is 71.1 Å². The van der Waals surface area contributed by atoms with Gasteiger partial charge in [0.25, 0.3) is 0 Å². The molecule has 2 bridgehead atoms. The number of ether oxygens (including phenoxy) is 4. The van der Waals surface area contributed by atoms with Gasteiger partial charge in [0.2, 0.25) is 5.60 Å². The molecule has 0 radical (unpaired) electrons. The maximum atomic E-state index is 13.3. The molecule has 266 valence electrons. The van der Waals surface area contributed by atoms with Crippen molar-refractivity contribution < 1.29 is 48.7 Å². The molecule has 10 heteroatoms. The molecule has 47 heavy (non-hydrogen) atoms. The van der Waals surface area contributed by atoms with Crippen LogP contribution >= 0.6 is 0 Å². The molecule has 5 aliphatic rings. The normalized spacial score (nSPS) is 44.5. The number of esters is 2. The fourth-order valence-electron chi connectivity index (χ4n) is 11.8. The highest BCUT2D eigenvalue weighted by molar-refractivity contribution is 5.79. The van der Waals surface area contributed by atoms with Crippen LogP contribution in [0.3, 0.4) is 0 Å². The summed E-state index contributed by atoms with van der Waals surface area (Å²) in [5.74, 6) is -1.79. The number of allylic oxidation sites excluding steroid dienone is 1. The van der Waals surface area contributed by atoms with Crippen molar-refractivity contribution in [2.24, 2.45) is 56.7 Å². The summed E-state index contributed by atoms with van der Waals surface area (Å²) in [6, 6.07) is 0. The van der Waals surface area contributed by atoms with E-state index in [1.807, 2.05) is 0 Å². The number of carbonyl (C=O) groups excluding carboxylic acids is 2. The highest BCUT2D eigenvalue weighted by Crippen LogP contribution is 2.75. The molecule has 1 saturated heterocycles. The number of carboxylic acids is 1. The van der Waals surface area contributed by atoms with Crippen LogP contribution in [0.25, 0.3) is 0 Å². The Kier molecular flexibility index (Phi) is 9.33. The Labute approximate surface area is 279 Å². The molecule has 0 aromatic heterocycles. The van der Waals surface area contributed by atoms with E-state index in [0.717, 1.165) is 32.8 Å². The van der Waals surface area contributed by atoms with E-state index >= 15 is 0 Å². The number of hydrogen-bond acceptors (Lipinski definition) is 9. The predicted octanol–water partition coefficient (Wildman–Crippen LogP) is 4.79. The van der Waals surface area contributed by atoms with Gasteiger partial charge in [-0.2, -0.15) is 0 Å². The molecule has 0 aromatic carbocycles. The van der Waals surface area contributed by atoms with Gasteiger partial charge in [0, 0.05) is 17.8 Å². The lowest BCUT2D eigenvalue weighted by Crippen LogP contribution is -2.70. The number of carbonyl (C=O) groups is 3. The van der Waals surface area contributed by atoms with E-state index in [1.54, 1.807) is 0 Å². The van der Waals surface area contributed by atoms with Crippen molar-refractivity contribution >= 4 is 17.9 Å². The summed E-state index contributed by atoms with van der Waals surface area (Å²) >= 11 is 0. The van der Waals surface area contributed by atoms with Gasteiger partial charge in [0.05, 0.1) is 39.5 Å². The SMILES string of the molecule is COC(=O)C(O)(CO)COC1[C@H](OC(C)=O)C[C@@]23COC[C@]1(C)[C@@H]2CC[C@H]1C3=CC[C@@]2(C)[C@H](C(=O)O)[C@@](C)([C@H](C)C(C)C)CC[C@]12C. The Morgan fingerprint density at radius 1 is 1.06 bits per heavy atom. The lowest BCUT2D eigenvalue weighted by atomic mass is 9.34. The fraction of sp³-hybridized carbons (Fsp3) is 0.865. The van der Waals surface area contributed by atoms with Gasteiger partial charge in [0.15, 0.2) is 0 Å². The molecule has 0 amide bonds. The van der Waals surface area contributed by atoms with Crippen molar-refractivity contribution in [1.82, 2.24) is 0 Å². The van der Waals surface area contributed by atoms with Gasteiger partial charge in [0.1, 0.15) is 12.2 Å². The van der Waals surface area contributed by atoms with Crippen molar-refractivity contribution in [2.45, 2.75) is 112 Å². The number of fused-ring (bicyclic) bond motifs is 3. The predicted molar refractivity (Wildman–Crippen MR) is 173 cm³/mol. The zero-order valence-electron chi connectivity index (χ0n) is 29.9. The Hall–Kier alpha value is -2.01. The largest absolute Gasteiger partial charge is 0.481 e. The van der Waals surface area contributed by atoms with E-state index in [2.05, 4.69) is 54.5 Å². The van der Waals surface area contributed by atoms with Crippen LogP contribution in [0.15, 0.2) is 11.6 Å². The number of aliphatic carboxylic acids is 1. The third kappa shape index (κ3) is 5.13. The fourth-order valence-corrected chi connectivity index (χ4v) is 11.8. The number of aliphatic hydroxyl groups excluding tert-OH is 1. The van der Waals surface area contributed by atoms with E-state index in [-0.39, 0.29) is 28.6 Å². The van der Waals surface area contributed by atoms with Gasteiger partial charge >= 0.3 is 17.9 Å². The standard InChI is InChI=1S/C37H58O10/c1-21(2)22(3)32(5)14-15-34(7)24-10-11-27-33(6)18-45-19-36(27,25(24)12-13-35(34,8)28(32)30(40)41)16-26(47-23(4)39)29(33)46-20-37(43,17-38)31(42)44-9/h12,21-22,24,26-29,38,43H,10-11,13-20H2,1-9H3,(H,40,41)/t22-,24+,26-,27+,28-,29?,32-,33-,34-,35+,36+,37?/m1/s1. The molecule has 4 fully saturated rings. The smallest absolute Gasteiger partial charge is 0.342 e. The molecule has 5 rings (SSSR count). The molecule has 1 aliphatic heterocycles. The summed E-state index contributed by atoms with van der Waals surface area (Å²) in [5, 5.41) is 31.7. The molecular weight excluding hydrogens is 604 g/mol. The van der Waals surface area contributed by atoms with Crippen LogP contribution in [0.5, 0.6) is 0 Å². The molecule has 3 saturated carbocycles. The summed E-state index contributed by atoms with van der Waals surface area (Å²) < 4.78 is 23.5. The summed E-state index contributed by atoms with van der Waals surface area (Å²) in [4.78, 5) is 38.2. The summed E-state index contributed by atoms with van der Waals surface area (Å²) in [6.45, 7) is 16.2. The minimum Gasteiger partial charge on any atom is -0.481 e. The number of hydrogen-bond donors (Lipinski definition) is 3. The summed E-state index contributed by atoms with van der Waals surface area (Å²) in [5.41, 5.74) is -3.09. The molecule has 0 spiro atoms. The number of aliphatic hydroxyl groups is 2. The molecule has 3 N–H and O–H groups in total. The van der Waals surface area contributed by atoms with Crippen molar-refractivity contribution in [2.75, 3.05) is 33.5 Å². The second-order valence-corrected chi connectivity index (χ2v) is 17.1. The maximum Gasteiger partial charge on any atom is 0.342 e. The average Bonchev–Trinajstić information content (AvgIpc) is 2.99. The quantitative estimate of drug-likeness (QED) is 0.233. The molecule has 10 nitrogen and oxygen atoms in total. The zero-order chi connectivity index (χ0) is 35.0. The minimum absolute atomic E-state index is 0.0986. The van der Waals surface area contributed by atoms with Gasteiger partial charge in [-0.1, -0.05) is 60.1 Å². The third-order valence-electron chi connectivity index (χ3n) is 14.7. The highest BCUT2D eigenvalue weighted by Gasteiger charge is 2.72. The van der Waals surface area contributed by atoms with Crippen LogP contribution in [0.2, 0.25) is 0 Å². The minimum atomic E-state index is -2.26. The maximum absolute atomic E-state index is 13.3. The van der Waals surface area contributed by atoms with Gasteiger partial charge in [-0.25, -0.2) is 4.79 Å². The van der Waals surface area contributed by atoms with Crippen molar-refractivity contribution in [3.63, 3.8) is 0 Å². The topological polar surface area (TPSA) is 149 Å². The first-order valence-electron chi connectivity index (χ1n) is 17.5. The van der Waals surface area contributed by atoms with Gasteiger partial charge in [-0.3, -0.25) is 9.59 Å². The Balaban J connectivity index is 1.57. The van der Waals surface area contributed by atoms with Crippen LogP contribution in [0.4, 0.5) is 0 Å². The summed E-state index contributed by atoms with van der Waals surface area (Å²) in [6.07, 6.45) is 5.59. The van der Waals surface area contributed by atoms with Crippen molar-refractivity contribution in [1.29, 1.82) is 0 Å². The van der Waals surface area contributed by atoms with Crippen LogP contribution in [-0.4, -0.2) is 84.6 Å². The van der Waals surface area contributed by atoms with Crippen LogP contribution in [0, 0.1) is 56.7 Å². The highest BCUT2D eigenvalue weighted by atomic mass is 16.6. The van der Waals surface area contributed by atoms with Crippen molar-refractivity contribution in [3.05, 3.63) is 11.6 Å². The van der Waals surface area contributed by atoms with Crippen LogP contribution < -0.4 is 0 Å². The molecule has 4 aliphatic carbocycles. The van der Waals surface area contributed by atoms with E-state index in [1.165, 1.54) is 12.5 Å².